The van der Waals surface area contributed by atoms with E-state index in [1.807, 2.05) is 32.1 Å². The van der Waals surface area contributed by atoms with Gasteiger partial charge in [-0.1, -0.05) is 37.6 Å². The summed E-state index contributed by atoms with van der Waals surface area (Å²) in [6, 6.07) is 9.17. The molecule has 0 unspecified atom stereocenters. The number of aliphatic hydroxyl groups excluding tert-OH is 1. The largest absolute Gasteiger partial charge is 0.481 e. The molecule has 1 aromatic carbocycles. The second-order valence-corrected chi connectivity index (χ2v) is 23.1. The average Bonchev–Trinajstić information content (AvgIpc) is 4.04. The number of hydrogen-bond acceptors (Lipinski definition) is 14. The number of hydrogen-bond donors (Lipinski definition) is 7. The second kappa shape index (κ2) is 20.4. The lowest BCUT2D eigenvalue weighted by atomic mass is 9.46. The van der Waals surface area contributed by atoms with Crippen molar-refractivity contribution in [1.29, 1.82) is 0 Å². The van der Waals surface area contributed by atoms with Crippen molar-refractivity contribution in [3.8, 4) is 0 Å². The lowest BCUT2D eigenvalue weighted by Crippen LogP contribution is -2.63. The zero-order valence-corrected chi connectivity index (χ0v) is 43.1. The number of aliphatic hydroxyl groups is 1. The van der Waals surface area contributed by atoms with Crippen LogP contribution in [0.15, 0.2) is 69.2 Å². The van der Waals surface area contributed by atoms with Gasteiger partial charge in [-0.15, -0.1) is 11.3 Å². The van der Waals surface area contributed by atoms with Gasteiger partial charge in [-0.2, -0.15) is 0 Å². The first kappa shape index (κ1) is 52.8. The van der Waals surface area contributed by atoms with Gasteiger partial charge in [-0.05, 0) is 118 Å². The van der Waals surface area contributed by atoms with Gasteiger partial charge in [-0.3, -0.25) is 47.8 Å². The normalized spacial score (nSPS) is 30.3. The molecule has 0 spiro atoms. The maximum absolute atomic E-state index is 14.5. The van der Waals surface area contributed by atoms with Gasteiger partial charge in [-0.25, -0.2) is 4.57 Å². The minimum absolute atomic E-state index is 0.0210. The number of carboxylic acids is 1. The Morgan fingerprint density at radius 2 is 1.76 bits per heavy atom. The summed E-state index contributed by atoms with van der Waals surface area (Å²) >= 11 is 7.35. The van der Waals surface area contributed by atoms with E-state index in [-0.39, 0.29) is 58.3 Å². The Morgan fingerprint density at radius 1 is 1.03 bits per heavy atom. The van der Waals surface area contributed by atoms with E-state index in [0.29, 0.717) is 36.2 Å². The van der Waals surface area contributed by atoms with Gasteiger partial charge in [0.15, 0.2) is 23.5 Å². The minimum atomic E-state index is -5.07. The highest BCUT2D eigenvalue weighted by atomic mass is 79.9. The van der Waals surface area contributed by atoms with Crippen LogP contribution in [0.5, 0.6) is 0 Å². The highest BCUT2D eigenvalue weighted by Crippen LogP contribution is 2.70. The SMILES string of the molecule is C[C@]12C=CC(=O)C=C1CC[C@@H]1[C@@H]2[C@@H](O)C[C@@]2(C)[C@H]1C[C@H]1O[C@@H](c3ccc(Cc4cccc(NC(=O)[C@H](CCC(=O)O)NC(=O)CNC(=O)CCN5C(=O)C(Br)=C(Br)C5=O)c4)s3)O[C@]12C(=O)COP(=O)(O)O. The lowest BCUT2D eigenvalue weighted by molar-refractivity contribution is -0.200. The molecule has 380 valence electrons. The number of rotatable bonds is 18. The number of carbonyl (C=O) groups excluding carboxylic acids is 7. The Balaban J connectivity index is 0.918. The molecule has 71 heavy (non-hydrogen) atoms. The molecular weight excluding hydrogens is 1100 g/mol. The maximum atomic E-state index is 14.5. The van der Waals surface area contributed by atoms with Crippen molar-refractivity contribution in [3.05, 3.63) is 84.5 Å². The second-order valence-electron chi connectivity index (χ2n) is 19.1. The summed E-state index contributed by atoms with van der Waals surface area (Å²) in [4.78, 5) is 123. The number of carboxylic acid groups (broad SMARTS) is 1. The predicted octanol–water partition coefficient (Wildman–Crippen LogP) is 4.22. The van der Waals surface area contributed by atoms with E-state index in [0.717, 1.165) is 20.9 Å². The number of carbonyl (C=O) groups is 8. The Morgan fingerprint density at radius 3 is 2.46 bits per heavy atom. The lowest BCUT2D eigenvalue weighted by Gasteiger charge is -2.59. The number of nitrogens with one attached hydrogen (secondary N) is 3. The third-order valence-electron chi connectivity index (χ3n) is 14.9. The summed E-state index contributed by atoms with van der Waals surface area (Å²) in [6.07, 6.45) is 3.34. The van der Waals surface area contributed by atoms with Crippen LogP contribution in [0.2, 0.25) is 0 Å². The number of nitrogens with zero attached hydrogens (tertiary/aromatic N) is 1. The average molecular weight is 1150 g/mol. The molecule has 0 bridgehead atoms. The van der Waals surface area contributed by atoms with Crippen LogP contribution in [0.3, 0.4) is 0 Å². The smallest absolute Gasteiger partial charge is 0.470 e. The number of anilines is 1. The van der Waals surface area contributed by atoms with Gasteiger partial charge < -0.3 is 45.4 Å². The highest BCUT2D eigenvalue weighted by molar-refractivity contribution is 9.14. The van der Waals surface area contributed by atoms with Crippen LogP contribution in [0.25, 0.3) is 0 Å². The predicted molar refractivity (Wildman–Crippen MR) is 258 cm³/mol. The van der Waals surface area contributed by atoms with Gasteiger partial charge in [0.05, 0.1) is 23.6 Å². The van der Waals surface area contributed by atoms with Gasteiger partial charge in [0.1, 0.15) is 21.6 Å². The van der Waals surface area contributed by atoms with Gasteiger partial charge in [0.2, 0.25) is 17.7 Å². The number of aliphatic carboxylic acids is 1. The van der Waals surface area contributed by atoms with Crippen molar-refractivity contribution in [3.63, 3.8) is 0 Å². The first-order chi connectivity index (χ1) is 33.4. The number of Topliss-reactive ketones (excluding diaryl/α,β-unsaturated/α-hetero) is 1. The fraction of sp³-hybridized carbons (Fsp3) is 0.489. The number of ether oxygens (including phenoxy) is 2. The Kier molecular flexibility index (Phi) is 15.2. The summed E-state index contributed by atoms with van der Waals surface area (Å²) < 4.78 is 30.1. The number of halogens is 2. The third kappa shape index (κ3) is 10.4. The molecule has 20 nitrogen and oxygen atoms in total. The number of allylic oxidation sites excluding steroid dienone is 4. The zero-order chi connectivity index (χ0) is 51.4. The molecule has 10 atom stereocenters. The molecule has 24 heteroatoms. The minimum Gasteiger partial charge on any atom is -0.481 e. The molecule has 7 N–H and O–H groups in total. The van der Waals surface area contributed by atoms with Gasteiger partial charge in [0, 0.05) is 53.1 Å². The van der Waals surface area contributed by atoms with Gasteiger partial charge >= 0.3 is 13.8 Å². The molecule has 0 radical (unpaired) electrons. The van der Waals surface area contributed by atoms with Crippen molar-refractivity contribution >= 4 is 104 Å². The quantitative estimate of drug-likeness (QED) is 0.0812. The van der Waals surface area contributed by atoms with Crippen molar-refractivity contribution in [2.75, 3.05) is 25.0 Å². The number of ketones is 2. The van der Waals surface area contributed by atoms with Crippen LogP contribution >= 0.6 is 51.0 Å². The van der Waals surface area contributed by atoms with Crippen molar-refractivity contribution in [1.82, 2.24) is 15.5 Å². The van der Waals surface area contributed by atoms with E-state index in [9.17, 15) is 62.9 Å². The van der Waals surface area contributed by atoms with Crippen molar-refractivity contribution < 1.29 is 76.9 Å². The van der Waals surface area contributed by atoms with E-state index >= 15 is 0 Å². The van der Waals surface area contributed by atoms with E-state index in [2.05, 4.69) is 47.8 Å². The first-order valence-corrected chi connectivity index (χ1v) is 26.7. The van der Waals surface area contributed by atoms with Crippen LogP contribution in [0.4, 0.5) is 5.69 Å². The maximum Gasteiger partial charge on any atom is 0.470 e. The molecule has 2 aromatic rings. The molecular formula is C47H51Br2N4O16PS. The van der Waals surface area contributed by atoms with Crippen molar-refractivity contribution in [2.24, 2.45) is 28.6 Å². The van der Waals surface area contributed by atoms with Gasteiger partial charge in [0.25, 0.3) is 11.8 Å². The zero-order valence-electron chi connectivity index (χ0n) is 38.3. The molecule has 8 rings (SSSR count). The number of fused-ring (bicyclic) bond motifs is 7. The molecule has 2 aliphatic heterocycles. The summed E-state index contributed by atoms with van der Waals surface area (Å²) in [7, 11) is -5.07. The molecule has 4 fully saturated rings. The molecule has 1 saturated heterocycles. The topological polar surface area (TPSA) is 302 Å². The Hall–Kier alpha value is -4.55. The first-order valence-electron chi connectivity index (χ1n) is 22.8. The number of amides is 5. The summed E-state index contributed by atoms with van der Waals surface area (Å²) in [5, 5.41) is 28.9. The number of phosphoric ester groups is 1. The Bertz CT molecular complexity index is 2720. The molecule has 1 aromatic heterocycles. The standard InChI is InChI=1S/C47H51Br2N4O16PS/c1-45-14-12-26(54)18-24(45)6-8-28-29-19-34-47(33(56)22-67-70(64,65)66,46(29,2)20-31(55)38(28)45)69-44(68-34)32-10-7-27(71-32)17-23-4-3-5-25(16-23)51-41(61)30(9-11-37(59)60)52-36(58)21-50-35(57)13-15-53-42(62)39(48)40(49)43(53)63/h3-5,7,10,12,14,16,18,28-31,34,38,44,55H,6,8-9,11,13,15,17,19-22H2,1-2H3,(H,50,57)(H,51,61)(H,52,58)(H,59,60)(H2,64,65,66)/t28-,29-,30-,31-,34+,38+,44+,45-,46-,47+/m0/s1. The van der Waals surface area contributed by atoms with Crippen LogP contribution in [-0.4, -0.2) is 116 Å². The van der Waals surface area contributed by atoms with E-state index in [4.69, 9.17) is 14.0 Å². The molecule has 5 amide bonds. The Labute approximate surface area is 427 Å². The molecule has 4 aliphatic carbocycles. The van der Waals surface area contributed by atoms with E-state index in [1.54, 1.807) is 30.3 Å². The molecule has 3 saturated carbocycles. The summed E-state index contributed by atoms with van der Waals surface area (Å²) in [5.74, 6) is -5.99. The number of imide groups is 1. The van der Waals surface area contributed by atoms with Crippen molar-refractivity contribution in [2.45, 2.75) is 95.4 Å². The number of thiophene rings is 1. The van der Waals surface area contributed by atoms with E-state index in [1.165, 1.54) is 17.4 Å². The molecule has 6 aliphatic rings. The van der Waals surface area contributed by atoms with Crippen LogP contribution in [0.1, 0.15) is 80.4 Å². The number of phosphoric acid groups is 1. The summed E-state index contributed by atoms with van der Waals surface area (Å²) in [6.45, 7) is 2.14. The van der Waals surface area contributed by atoms with E-state index < -0.39 is 110 Å². The fourth-order valence-corrected chi connectivity index (χ4v) is 13.8. The van der Waals surface area contributed by atoms with Crippen LogP contribution < -0.4 is 16.0 Å². The summed E-state index contributed by atoms with van der Waals surface area (Å²) in [5.41, 5.74) is -1.31. The fourth-order valence-electron chi connectivity index (χ4n) is 11.7. The molecule has 3 heterocycles. The monoisotopic (exact) mass is 1150 g/mol. The van der Waals surface area contributed by atoms with Crippen LogP contribution in [-0.2, 0) is 63.3 Å². The van der Waals surface area contributed by atoms with Crippen LogP contribution in [0, 0.1) is 28.6 Å². The highest BCUT2D eigenvalue weighted by Gasteiger charge is 2.76. The number of benzene rings is 1. The third-order valence-corrected chi connectivity index (χ3v) is 18.4.